The summed E-state index contributed by atoms with van der Waals surface area (Å²) in [5.41, 5.74) is 5.07. The molecule has 1 aliphatic rings. The number of benzene rings is 4. The Morgan fingerprint density at radius 2 is 1.53 bits per heavy atom. The maximum atomic E-state index is 12.6. The van der Waals surface area contributed by atoms with E-state index in [0.717, 1.165) is 12.8 Å². The highest BCUT2D eigenvalue weighted by Crippen LogP contribution is 2.30. The van der Waals surface area contributed by atoms with Crippen LogP contribution in [0.3, 0.4) is 0 Å². The van der Waals surface area contributed by atoms with Crippen LogP contribution in [0.1, 0.15) is 21.5 Å². The normalized spacial score (nSPS) is 14.8. The molecule has 1 amide bonds. The van der Waals surface area contributed by atoms with Crippen molar-refractivity contribution in [2.45, 2.75) is 23.8 Å². The number of hydrogen-bond acceptors (Lipinski definition) is 4. The summed E-state index contributed by atoms with van der Waals surface area (Å²) in [6.45, 7) is 0. The molecule has 1 N–H and O–H groups in total. The Hall–Kier alpha value is -3.32. The van der Waals surface area contributed by atoms with Crippen molar-refractivity contribution in [3.05, 3.63) is 118 Å². The zero-order valence-electron chi connectivity index (χ0n) is 18.9. The fourth-order valence-electron chi connectivity index (χ4n) is 4.28. The number of halogens is 2. The van der Waals surface area contributed by atoms with E-state index < -0.39 is 15.9 Å². The number of amides is 1. The van der Waals surface area contributed by atoms with Gasteiger partial charge in [-0.3, -0.25) is 4.79 Å². The Labute approximate surface area is 219 Å². The SMILES string of the molecule is O=C(NS(=O)(=O)c1ccc(Cl)cc1Cl)c1ccc(OC2Cc3ccc(-c4ccccc4)cc3C2)cc1. The maximum Gasteiger partial charge on any atom is 0.265 e. The molecule has 0 radical (unpaired) electrons. The molecular weight excluding hydrogens is 517 g/mol. The van der Waals surface area contributed by atoms with E-state index in [-0.39, 0.29) is 21.6 Å². The maximum absolute atomic E-state index is 12.6. The number of ether oxygens (including phenoxy) is 1. The van der Waals surface area contributed by atoms with Crippen molar-refractivity contribution in [1.82, 2.24) is 4.72 Å². The molecule has 0 saturated heterocycles. The van der Waals surface area contributed by atoms with E-state index >= 15 is 0 Å². The van der Waals surface area contributed by atoms with Gasteiger partial charge in [0.25, 0.3) is 15.9 Å². The van der Waals surface area contributed by atoms with Crippen LogP contribution < -0.4 is 9.46 Å². The molecule has 0 aromatic heterocycles. The van der Waals surface area contributed by atoms with Crippen LogP contribution in [-0.4, -0.2) is 20.4 Å². The molecule has 5 nitrogen and oxygen atoms in total. The van der Waals surface area contributed by atoms with Gasteiger partial charge in [0.2, 0.25) is 0 Å². The average molecular weight is 538 g/mol. The Kier molecular flexibility index (Phi) is 6.75. The largest absolute Gasteiger partial charge is 0.490 e. The van der Waals surface area contributed by atoms with Crippen molar-refractivity contribution in [3.8, 4) is 16.9 Å². The first-order chi connectivity index (χ1) is 17.3. The van der Waals surface area contributed by atoms with Gasteiger partial charge in [-0.05, 0) is 64.7 Å². The lowest BCUT2D eigenvalue weighted by Gasteiger charge is -2.13. The molecular formula is C28H21Cl2NO4S. The Balaban J connectivity index is 1.23. The number of carbonyl (C=O) groups excluding carboxylic acids is 1. The monoisotopic (exact) mass is 537 g/mol. The van der Waals surface area contributed by atoms with Crippen molar-refractivity contribution >= 4 is 39.1 Å². The summed E-state index contributed by atoms with van der Waals surface area (Å²) in [7, 11) is -4.16. The van der Waals surface area contributed by atoms with Crippen molar-refractivity contribution in [1.29, 1.82) is 0 Å². The lowest BCUT2D eigenvalue weighted by Crippen LogP contribution is -2.30. The van der Waals surface area contributed by atoms with Crippen LogP contribution in [-0.2, 0) is 22.9 Å². The summed E-state index contributed by atoms with van der Waals surface area (Å²) in [6, 6.07) is 27.1. The number of hydrogen-bond donors (Lipinski definition) is 1. The highest BCUT2D eigenvalue weighted by atomic mass is 35.5. The van der Waals surface area contributed by atoms with Crippen molar-refractivity contribution in [2.24, 2.45) is 0 Å². The first kappa shape index (κ1) is 24.4. The first-order valence-electron chi connectivity index (χ1n) is 11.2. The van der Waals surface area contributed by atoms with Gasteiger partial charge < -0.3 is 4.74 Å². The van der Waals surface area contributed by atoms with Gasteiger partial charge in [0.15, 0.2) is 0 Å². The number of fused-ring (bicyclic) bond motifs is 1. The van der Waals surface area contributed by atoms with Crippen LogP contribution in [0.2, 0.25) is 10.0 Å². The lowest BCUT2D eigenvalue weighted by molar-refractivity contribution is 0.0981. The van der Waals surface area contributed by atoms with E-state index in [1.54, 1.807) is 12.1 Å². The molecule has 0 fully saturated rings. The molecule has 4 aromatic rings. The van der Waals surface area contributed by atoms with E-state index in [1.165, 1.54) is 52.6 Å². The van der Waals surface area contributed by atoms with Gasteiger partial charge in [-0.15, -0.1) is 0 Å². The van der Waals surface area contributed by atoms with Crippen molar-refractivity contribution in [3.63, 3.8) is 0 Å². The van der Waals surface area contributed by atoms with Gasteiger partial charge in [-0.25, -0.2) is 13.1 Å². The second-order valence-electron chi connectivity index (χ2n) is 8.53. The number of sulfonamides is 1. The van der Waals surface area contributed by atoms with Gasteiger partial charge >= 0.3 is 0 Å². The number of carbonyl (C=O) groups is 1. The van der Waals surface area contributed by atoms with E-state index in [4.69, 9.17) is 27.9 Å². The minimum absolute atomic E-state index is 0.0156. The minimum Gasteiger partial charge on any atom is -0.490 e. The Bertz CT molecular complexity index is 1540. The first-order valence-corrected chi connectivity index (χ1v) is 13.5. The molecule has 0 spiro atoms. The molecule has 5 rings (SSSR count). The average Bonchev–Trinajstić information content (AvgIpc) is 3.26. The second kappa shape index (κ2) is 9.97. The van der Waals surface area contributed by atoms with E-state index in [1.807, 2.05) is 22.9 Å². The van der Waals surface area contributed by atoms with Crippen LogP contribution in [0.4, 0.5) is 0 Å². The van der Waals surface area contributed by atoms with Gasteiger partial charge in [0.05, 0.1) is 5.02 Å². The van der Waals surface area contributed by atoms with Crippen LogP contribution in [0.5, 0.6) is 5.75 Å². The van der Waals surface area contributed by atoms with E-state index in [2.05, 4.69) is 30.3 Å². The van der Waals surface area contributed by atoms with Gasteiger partial charge in [0, 0.05) is 23.4 Å². The zero-order chi connectivity index (χ0) is 25.3. The summed E-state index contributed by atoms with van der Waals surface area (Å²) in [4.78, 5) is 12.3. The number of rotatable bonds is 6. The molecule has 0 bridgehead atoms. The van der Waals surface area contributed by atoms with Crippen molar-refractivity contribution in [2.75, 3.05) is 0 Å². The molecule has 4 aromatic carbocycles. The summed E-state index contributed by atoms with van der Waals surface area (Å²) in [6.07, 6.45) is 1.57. The van der Waals surface area contributed by atoms with Crippen LogP contribution >= 0.6 is 23.2 Å². The molecule has 0 aliphatic heterocycles. The van der Waals surface area contributed by atoms with E-state index in [0.29, 0.717) is 10.8 Å². The van der Waals surface area contributed by atoms with Crippen molar-refractivity contribution < 1.29 is 17.9 Å². The summed E-state index contributed by atoms with van der Waals surface area (Å²) in [5.74, 6) is -0.162. The molecule has 36 heavy (non-hydrogen) atoms. The predicted octanol–water partition coefficient (Wildman–Crippen LogP) is 6.33. The van der Waals surface area contributed by atoms with Gasteiger partial charge in [-0.1, -0.05) is 71.7 Å². The minimum atomic E-state index is -4.16. The van der Waals surface area contributed by atoms with E-state index in [9.17, 15) is 13.2 Å². The topological polar surface area (TPSA) is 72.5 Å². The fourth-order valence-corrected chi connectivity index (χ4v) is 6.03. The zero-order valence-corrected chi connectivity index (χ0v) is 21.3. The highest BCUT2D eigenvalue weighted by Gasteiger charge is 2.24. The third kappa shape index (κ3) is 5.26. The molecule has 1 aliphatic carbocycles. The Morgan fingerprint density at radius 3 is 2.25 bits per heavy atom. The van der Waals surface area contributed by atoms with Crippen LogP contribution in [0.25, 0.3) is 11.1 Å². The van der Waals surface area contributed by atoms with Gasteiger partial charge in [-0.2, -0.15) is 0 Å². The molecule has 182 valence electrons. The predicted molar refractivity (Wildman–Crippen MR) is 141 cm³/mol. The Morgan fingerprint density at radius 1 is 0.806 bits per heavy atom. The standard InChI is InChI=1S/C28H21Cl2NO4S/c29-23-10-13-27(26(30)17-23)36(33,34)31-28(32)19-8-11-24(12-9-19)35-25-15-21-7-6-20(14-22(21)16-25)18-4-2-1-3-5-18/h1-14,17,25H,15-16H2,(H,31,32). The second-order valence-corrected chi connectivity index (χ2v) is 11.0. The summed E-state index contributed by atoms with van der Waals surface area (Å²) < 4.78 is 33.4. The van der Waals surface area contributed by atoms with Crippen LogP contribution in [0.15, 0.2) is 95.9 Å². The summed E-state index contributed by atoms with van der Waals surface area (Å²) in [5, 5.41) is 0.225. The quantitative estimate of drug-likeness (QED) is 0.312. The molecule has 0 saturated carbocycles. The fraction of sp³-hybridized carbons (Fsp3) is 0.107. The molecule has 0 heterocycles. The van der Waals surface area contributed by atoms with Gasteiger partial charge in [0.1, 0.15) is 16.7 Å². The molecule has 8 heteroatoms. The third-order valence-electron chi connectivity index (χ3n) is 6.04. The third-order valence-corrected chi connectivity index (χ3v) is 8.09. The lowest BCUT2D eigenvalue weighted by atomic mass is 10.0. The smallest absolute Gasteiger partial charge is 0.265 e. The highest BCUT2D eigenvalue weighted by molar-refractivity contribution is 7.90. The van der Waals surface area contributed by atoms with Crippen LogP contribution in [0, 0.1) is 0 Å². The summed E-state index contributed by atoms with van der Waals surface area (Å²) >= 11 is 11.8. The molecule has 1 unspecified atom stereocenters. The number of nitrogens with one attached hydrogen (secondary N) is 1. The molecule has 1 atom stereocenters.